The predicted molar refractivity (Wildman–Crippen MR) is 115 cm³/mol. The summed E-state index contributed by atoms with van der Waals surface area (Å²) in [5.41, 5.74) is 2.60. The number of carbonyl (C=O) groups is 1. The molecule has 3 rings (SSSR count). The molecule has 28 heavy (non-hydrogen) atoms. The number of anilines is 1. The van der Waals surface area contributed by atoms with Crippen LogP contribution in [0.4, 0.5) is 5.69 Å². The van der Waals surface area contributed by atoms with Gasteiger partial charge in [0.05, 0.1) is 10.3 Å². The first kappa shape index (κ1) is 20.2. The van der Waals surface area contributed by atoms with Gasteiger partial charge in [0.1, 0.15) is 0 Å². The van der Waals surface area contributed by atoms with E-state index in [1.807, 2.05) is 49.4 Å². The molecule has 0 bridgehead atoms. The predicted octanol–water partition coefficient (Wildman–Crippen LogP) is 4.56. The molecular weight excluding hydrogens is 394 g/mol. The summed E-state index contributed by atoms with van der Waals surface area (Å²) >= 11 is 7.46. The minimum atomic E-state index is -0.411. The maximum Gasteiger partial charge on any atom is 0.237 e. The van der Waals surface area contributed by atoms with Crippen molar-refractivity contribution >= 4 is 35.0 Å². The molecule has 2 aromatic carbocycles. The first-order valence-electron chi connectivity index (χ1n) is 8.90. The molecule has 0 aliphatic heterocycles. The van der Waals surface area contributed by atoms with Gasteiger partial charge in [0, 0.05) is 11.3 Å². The quantitative estimate of drug-likeness (QED) is 0.455. The number of carbonyl (C=O) groups excluding carboxylic acids is 1. The molecule has 3 aromatic rings. The number of rotatable bonds is 6. The Morgan fingerprint density at radius 2 is 1.79 bits per heavy atom. The average molecular weight is 416 g/mol. The SMILES string of the molecule is CC(C)c1ccccc1NC(=O)[C@H](C)Sc1nnc(-c2ccccc2Cl)n1N. The van der Waals surface area contributed by atoms with E-state index in [0.29, 0.717) is 27.5 Å². The first-order valence-corrected chi connectivity index (χ1v) is 10.2. The van der Waals surface area contributed by atoms with Gasteiger partial charge in [-0.25, -0.2) is 4.68 Å². The topological polar surface area (TPSA) is 85.8 Å². The molecule has 0 unspecified atom stereocenters. The molecule has 1 amide bonds. The number of nitrogen functional groups attached to an aromatic ring is 1. The van der Waals surface area contributed by atoms with Gasteiger partial charge in [-0.15, -0.1) is 10.2 Å². The van der Waals surface area contributed by atoms with Crippen molar-refractivity contribution in [3.05, 3.63) is 59.1 Å². The van der Waals surface area contributed by atoms with E-state index in [1.54, 1.807) is 6.07 Å². The molecule has 1 heterocycles. The van der Waals surface area contributed by atoms with E-state index in [9.17, 15) is 4.79 Å². The number of nitrogens with zero attached hydrogens (tertiary/aromatic N) is 3. The van der Waals surface area contributed by atoms with Crippen LogP contribution in [-0.2, 0) is 4.79 Å². The molecular formula is C20H22ClN5OS. The monoisotopic (exact) mass is 415 g/mol. The second-order valence-corrected chi connectivity index (χ2v) is 8.36. The molecule has 0 aliphatic rings. The van der Waals surface area contributed by atoms with Gasteiger partial charge in [-0.2, -0.15) is 0 Å². The van der Waals surface area contributed by atoms with Crippen LogP contribution in [0.3, 0.4) is 0 Å². The number of amides is 1. The molecule has 1 aromatic heterocycles. The van der Waals surface area contributed by atoms with Crippen LogP contribution < -0.4 is 11.2 Å². The van der Waals surface area contributed by atoms with Gasteiger partial charge in [-0.1, -0.05) is 67.5 Å². The zero-order valence-corrected chi connectivity index (χ0v) is 17.5. The minimum absolute atomic E-state index is 0.125. The van der Waals surface area contributed by atoms with Gasteiger partial charge in [-0.3, -0.25) is 4.79 Å². The molecule has 1 atom stereocenters. The smallest absolute Gasteiger partial charge is 0.237 e. The normalized spacial score (nSPS) is 12.2. The second-order valence-electron chi connectivity index (χ2n) is 6.65. The number of nitrogens with two attached hydrogens (primary N) is 1. The fourth-order valence-electron chi connectivity index (χ4n) is 2.74. The Hall–Kier alpha value is -2.51. The zero-order valence-electron chi connectivity index (χ0n) is 15.9. The van der Waals surface area contributed by atoms with E-state index in [4.69, 9.17) is 17.4 Å². The Kier molecular flexibility index (Phi) is 6.26. The standard InChI is InChI=1S/C20H22ClN5OS/c1-12(2)14-8-5-7-11-17(14)23-19(27)13(3)28-20-25-24-18(26(20)22)15-9-4-6-10-16(15)21/h4-13H,22H2,1-3H3,(H,23,27)/t13-/m0/s1. The van der Waals surface area contributed by atoms with Gasteiger partial charge in [0.15, 0.2) is 5.82 Å². The van der Waals surface area contributed by atoms with E-state index < -0.39 is 5.25 Å². The van der Waals surface area contributed by atoms with Gasteiger partial charge in [0.2, 0.25) is 11.1 Å². The van der Waals surface area contributed by atoms with Crippen molar-refractivity contribution < 1.29 is 4.79 Å². The maximum atomic E-state index is 12.7. The summed E-state index contributed by atoms with van der Waals surface area (Å²) in [4.78, 5) is 12.7. The van der Waals surface area contributed by atoms with E-state index in [2.05, 4.69) is 29.4 Å². The third kappa shape index (κ3) is 4.31. The summed E-state index contributed by atoms with van der Waals surface area (Å²) in [6, 6.07) is 15.1. The molecule has 0 saturated carbocycles. The fraction of sp³-hybridized carbons (Fsp3) is 0.250. The summed E-state index contributed by atoms with van der Waals surface area (Å²) in [6.45, 7) is 5.99. The summed E-state index contributed by atoms with van der Waals surface area (Å²) in [5.74, 6) is 6.78. The molecule has 0 spiro atoms. The lowest BCUT2D eigenvalue weighted by Crippen LogP contribution is -2.24. The summed E-state index contributed by atoms with van der Waals surface area (Å²) in [6.07, 6.45) is 0. The number of nitrogens with one attached hydrogen (secondary N) is 1. The minimum Gasteiger partial charge on any atom is -0.335 e. The van der Waals surface area contributed by atoms with Crippen molar-refractivity contribution in [3.63, 3.8) is 0 Å². The summed E-state index contributed by atoms with van der Waals surface area (Å²) < 4.78 is 1.36. The Labute approximate surface area is 173 Å². The van der Waals surface area contributed by atoms with Crippen LogP contribution in [0, 0.1) is 0 Å². The molecule has 6 nitrogen and oxygen atoms in total. The molecule has 8 heteroatoms. The Morgan fingerprint density at radius 1 is 1.11 bits per heavy atom. The van der Waals surface area contributed by atoms with E-state index >= 15 is 0 Å². The Morgan fingerprint density at radius 3 is 2.50 bits per heavy atom. The van der Waals surface area contributed by atoms with Crippen LogP contribution in [0.5, 0.6) is 0 Å². The highest BCUT2D eigenvalue weighted by atomic mass is 35.5. The Bertz CT molecular complexity index is 988. The number of hydrogen-bond donors (Lipinski definition) is 2. The highest BCUT2D eigenvalue weighted by molar-refractivity contribution is 8.00. The van der Waals surface area contributed by atoms with E-state index in [0.717, 1.165) is 11.3 Å². The third-order valence-corrected chi connectivity index (χ3v) is 5.66. The molecule has 0 aliphatic carbocycles. The lowest BCUT2D eigenvalue weighted by Gasteiger charge is -2.16. The largest absolute Gasteiger partial charge is 0.335 e. The fourth-order valence-corrected chi connectivity index (χ4v) is 3.73. The Balaban J connectivity index is 1.74. The number of hydrogen-bond acceptors (Lipinski definition) is 5. The van der Waals surface area contributed by atoms with Crippen LogP contribution in [0.2, 0.25) is 5.02 Å². The van der Waals surface area contributed by atoms with Crippen LogP contribution in [0.15, 0.2) is 53.7 Å². The molecule has 3 N–H and O–H groups in total. The van der Waals surface area contributed by atoms with Gasteiger partial charge < -0.3 is 11.2 Å². The second kappa shape index (κ2) is 8.67. The lowest BCUT2D eigenvalue weighted by atomic mass is 10.0. The first-order chi connectivity index (χ1) is 13.4. The number of thioether (sulfide) groups is 1. The van der Waals surface area contributed by atoms with Gasteiger partial charge >= 0.3 is 0 Å². The number of benzene rings is 2. The van der Waals surface area contributed by atoms with Crippen molar-refractivity contribution in [3.8, 4) is 11.4 Å². The van der Waals surface area contributed by atoms with Crippen molar-refractivity contribution in [1.82, 2.24) is 14.9 Å². The van der Waals surface area contributed by atoms with Crippen molar-refractivity contribution in [2.24, 2.45) is 0 Å². The highest BCUT2D eigenvalue weighted by Crippen LogP contribution is 2.30. The van der Waals surface area contributed by atoms with Crippen LogP contribution in [0.1, 0.15) is 32.3 Å². The highest BCUT2D eigenvalue weighted by Gasteiger charge is 2.21. The van der Waals surface area contributed by atoms with Crippen molar-refractivity contribution in [2.75, 3.05) is 11.2 Å². The van der Waals surface area contributed by atoms with E-state index in [1.165, 1.54) is 16.4 Å². The van der Waals surface area contributed by atoms with Crippen molar-refractivity contribution in [2.45, 2.75) is 37.1 Å². The number of aromatic nitrogens is 3. The maximum absolute atomic E-state index is 12.7. The molecule has 0 fully saturated rings. The third-order valence-electron chi connectivity index (χ3n) is 4.27. The van der Waals surface area contributed by atoms with Crippen LogP contribution in [0.25, 0.3) is 11.4 Å². The summed E-state index contributed by atoms with van der Waals surface area (Å²) in [7, 11) is 0. The number of para-hydroxylation sites is 1. The van der Waals surface area contributed by atoms with Gasteiger partial charge in [-0.05, 0) is 36.6 Å². The van der Waals surface area contributed by atoms with E-state index in [-0.39, 0.29) is 5.91 Å². The summed E-state index contributed by atoms with van der Waals surface area (Å²) in [5, 5.41) is 11.8. The number of halogens is 1. The van der Waals surface area contributed by atoms with Crippen LogP contribution in [-0.4, -0.2) is 26.0 Å². The molecule has 0 radical (unpaired) electrons. The van der Waals surface area contributed by atoms with Crippen LogP contribution >= 0.6 is 23.4 Å². The lowest BCUT2D eigenvalue weighted by molar-refractivity contribution is -0.115. The molecule has 146 valence electrons. The zero-order chi connectivity index (χ0) is 20.3. The average Bonchev–Trinajstić information content (AvgIpc) is 3.02. The van der Waals surface area contributed by atoms with Crippen molar-refractivity contribution in [1.29, 1.82) is 0 Å². The molecule has 0 saturated heterocycles. The van der Waals surface area contributed by atoms with Gasteiger partial charge in [0.25, 0.3) is 0 Å².